The second-order valence-electron chi connectivity index (χ2n) is 7.61. The number of phenols is 1. The van der Waals surface area contributed by atoms with E-state index in [0.717, 1.165) is 11.1 Å². The lowest BCUT2D eigenvalue weighted by atomic mass is 10.1. The van der Waals surface area contributed by atoms with Crippen molar-refractivity contribution in [3.8, 4) is 5.75 Å². The quantitative estimate of drug-likeness (QED) is 0.766. The first-order chi connectivity index (χ1) is 14.4. The molecule has 3 rings (SSSR count). The lowest BCUT2D eigenvalue weighted by molar-refractivity contribution is 0.0651. The second kappa shape index (κ2) is 10.1. The number of carbonyl (C=O) groups is 2. The summed E-state index contributed by atoms with van der Waals surface area (Å²) in [6, 6.07) is 14.0. The Morgan fingerprint density at radius 2 is 1.57 bits per heavy atom. The summed E-state index contributed by atoms with van der Waals surface area (Å²) < 4.78 is 5.69. The van der Waals surface area contributed by atoms with E-state index >= 15 is 0 Å². The fourth-order valence-electron chi connectivity index (χ4n) is 3.31. The molecule has 0 saturated carbocycles. The fourth-order valence-corrected chi connectivity index (χ4v) is 3.31. The minimum Gasteiger partial charge on any atom is -0.508 e. The molecular formula is C23H29N3O4. The van der Waals surface area contributed by atoms with E-state index in [1.54, 1.807) is 21.9 Å². The van der Waals surface area contributed by atoms with Crippen molar-refractivity contribution in [2.75, 3.05) is 26.2 Å². The van der Waals surface area contributed by atoms with Gasteiger partial charge < -0.3 is 25.0 Å². The van der Waals surface area contributed by atoms with Crippen LogP contribution in [0.3, 0.4) is 0 Å². The molecule has 7 heteroatoms. The van der Waals surface area contributed by atoms with Crippen molar-refractivity contribution in [1.82, 2.24) is 15.1 Å². The van der Waals surface area contributed by atoms with Crippen molar-refractivity contribution >= 4 is 11.9 Å². The van der Waals surface area contributed by atoms with Gasteiger partial charge in [-0.25, -0.2) is 4.79 Å². The normalized spacial score (nSPS) is 14.1. The number of amides is 3. The predicted octanol–water partition coefficient (Wildman–Crippen LogP) is 2.98. The molecule has 2 aromatic carbocycles. The molecule has 160 valence electrons. The molecule has 2 aromatic rings. The van der Waals surface area contributed by atoms with Crippen molar-refractivity contribution in [2.45, 2.75) is 33.1 Å². The Hall–Kier alpha value is -3.06. The largest absolute Gasteiger partial charge is 0.508 e. The first-order valence-corrected chi connectivity index (χ1v) is 10.2. The number of ether oxygens (including phenoxy) is 1. The minimum absolute atomic E-state index is 0.0888. The zero-order chi connectivity index (χ0) is 21.5. The van der Waals surface area contributed by atoms with Crippen LogP contribution in [-0.4, -0.2) is 59.1 Å². The zero-order valence-electron chi connectivity index (χ0n) is 17.5. The summed E-state index contributed by atoms with van der Waals surface area (Å²) in [5.41, 5.74) is 2.63. The highest BCUT2D eigenvalue weighted by molar-refractivity contribution is 5.94. The molecule has 1 heterocycles. The topological polar surface area (TPSA) is 82.1 Å². The van der Waals surface area contributed by atoms with Gasteiger partial charge in [0, 0.05) is 38.3 Å². The summed E-state index contributed by atoms with van der Waals surface area (Å²) in [7, 11) is 0. The van der Waals surface area contributed by atoms with Crippen LogP contribution in [0.2, 0.25) is 0 Å². The van der Waals surface area contributed by atoms with Crippen molar-refractivity contribution in [3.05, 3.63) is 65.2 Å². The molecular weight excluding hydrogens is 382 g/mol. The monoisotopic (exact) mass is 411 g/mol. The number of hydrogen-bond donors (Lipinski definition) is 2. The van der Waals surface area contributed by atoms with E-state index in [1.165, 1.54) is 12.1 Å². The molecule has 30 heavy (non-hydrogen) atoms. The molecule has 1 fully saturated rings. The van der Waals surface area contributed by atoms with Gasteiger partial charge in [0.25, 0.3) is 5.91 Å². The minimum atomic E-state index is -0.133. The molecule has 0 unspecified atom stereocenters. The number of nitrogens with zero attached hydrogens (tertiary/aromatic N) is 2. The van der Waals surface area contributed by atoms with Gasteiger partial charge in [-0.2, -0.15) is 0 Å². The highest BCUT2D eigenvalue weighted by atomic mass is 16.5. The number of rotatable bonds is 6. The Morgan fingerprint density at radius 1 is 0.967 bits per heavy atom. The number of piperazine rings is 1. The van der Waals surface area contributed by atoms with E-state index in [2.05, 4.69) is 5.32 Å². The third-order valence-corrected chi connectivity index (χ3v) is 5.09. The van der Waals surface area contributed by atoms with Crippen molar-refractivity contribution < 1.29 is 19.4 Å². The maximum absolute atomic E-state index is 12.6. The van der Waals surface area contributed by atoms with Crippen LogP contribution in [0.1, 0.15) is 35.3 Å². The number of phenolic OH excluding ortho intramolecular Hbond substituents is 1. The van der Waals surface area contributed by atoms with Gasteiger partial charge in [-0.05, 0) is 49.2 Å². The summed E-state index contributed by atoms with van der Waals surface area (Å²) >= 11 is 0. The number of urea groups is 1. The summed E-state index contributed by atoms with van der Waals surface area (Å²) in [5.74, 6) is 0.0412. The number of carbonyl (C=O) groups excluding carboxylic acids is 2. The highest BCUT2D eigenvalue weighted by Crippen LogP contribution is 2.14. The summed E-state index contributed by atoms with van der Waals surface area (Å²) in [6.45, 7) is 6.86. The molecule has 0 aromatic heterocycles. The van der Waals surface area contributed by atoms with Crippen LogP contribution in [-0.2, 0) is 17.9 Å². The van der Waals surface area contributed by atoms with Crippen LogP contribution in [0.5, 0.6) is 5.75 Å². The van der Waals surface area contributed by atoms with Crippen LogP contribution in [0.15, 0.2) is 48.5 Å². The van der Waals surface area contributed by atoms with Crippen LogP contribution in [0.25, 0.3) is 0 Å². The third-order valence-electron chi connectivity index (χ3n) is 5.09. The van der Waals surface area contributed by atoms with Crippen LogP contribution in [0, 0.1) is 0 Å². The third kappa shape index (κ3) is 5.73. The Bertz CT molecular complexity index is 859. The van der Waals surface area contributed by atoms with Gasteiger partial charge in [0.05, 0.1) is 12.7 Å². The molecule has 7 nitrogen and oxygen atoms in total. The highest BCUT2D eigenvalue weighted by Gasteiger charge is 2.24. The van der Waals surface area contributed by atoms with Crippen LogP contribution in [0.4, 0.5) is 4.79 Å². The van der Waals surface area contributed by atoms with Crippen molar-refractivity contribution in [1.29, 1.82) is 0 Å². The standard InChI is InChI=1S/C23H29N3O4/c1-17(2)30-16-20-6-4-3-5-19(20)15-24-23(29)26-13-11-25(12-14-26)22(28)18-7-9-21(27)10-8-18/h3-10,17,27H,11-16H2,1-2H3,(H,24,29). The maximum atomic E-state index is 12.6. The Labute approximate surface area is 177 Å². The molecule has 0 spiro atoms. The van der Waals surface area contributed by atoms with E-state index in [9.17, 15) is 14.7 Å². The van der Waals surface area contributed by atoms with E-state index in [0.29, 0.717) is 44.9 Å². The van der Waals surface area contributed by atoms with E-state index < -0.39 is 0 Å². The second-order valence-corrected chi connectivity index (χ2v) is 7.61. The van der Waals surface area contributed by atoms with Gasteiger partial charge in [0.1, 0.15) is 5.75 Å². The molecule has 1 aliphatic rings. The number of hydrogen-bond acceptors (Lipinski definition) is 4. The lowest BCUT2D eigenvalue weighted by Gasteiger charge is -2.34. The lowest BCUT2D eigenvalue weighted by Crippen LogP contribution is -2.53. The number of aromatic hydroxyl groups is 1. The van der Waals surface area contributed by atoms with Crippen LogP contribution < -0.4 is 5.32 Å². The number of nitrogens with one attached hydrogen (secondary N) is 1. The van der Waals surface area contributed by atoms with Crippen LogP contribution >= 0.6 is 0 Å². The summed E-state index contributed by atoms with van der Waals surface area (Å²) in [5, 5.41) is 12.3. The average molecular weight is 412 g/mol. The maximum Gasteiger partial charge on any atom is 0.317 e. The first kappa shape index (κ1) is 21.6. The Morgan fingerprint density at radius 3 is 2.20 bits per heavy atom. The van der Waals surface area contributed by atoms with E-state index in [-0.39, 0.29) is 23.8 Å². The molecule has 0 radical (unpaired) electrons. The van der Waals surface area contributed by atoms with Gasteiger partial charge in [0.15, 0.2) is 0 Å². The van der Waals surface area contributed by atoms with Gasteiger partial charge in [-0.3, -0.25) is 4.79 Å². The molecule has 1 saturated heterocycles. The molecule has 0 bridgehead atoms. The van der Waals surface area contributed by atoms with E-state index in [1.807, 2.05) is 38.1 Å². The summed E-state index contributed by atoms with van der Waals surface area (Å²) in [4.78, 5) is 28.6. The molecule has 0 aliphatic carbocycles. The molecule has 0 atom stereocenters. The van der Waals surface area contributed by atoms with Gasteiger partial charge >= 0.3 is 6.03 Å². The first-order valence-electron chi connectivity index (χ1n) is 10.2. The van der Waals surface area contributed by atoms with Gasteiger partial charge in [0.2, 0.25) is 0 Å². The Kier molecular flexibility index (Phi) is 7.30. The zero-order valence-corrected chi connectivity index (χ0v) is 17.5. The van der Waals surface area contributed by atoms with Crippen molar-refractivity contribution in [2.24, 2.45) is 0 Å². The van der Waals surface area contributed by atoms with Crippen molar-refractivity contribution in [3.63, 3.8) is 0 Å². The van der Waals surface area contributed by atoms with E-state index in [4.69, 9.17) is 4.74 Å². The van der Waals surface area contributed by atoms with Gasteiger partial charge in [-0.1, -0.05) is 24.3 Å². The molecule has 1 aliphatic heterocycles. The molecule has 3 amide bonds. The molecule has 2 N–H and O–H groups in total. The van der Waals surface area contributed by atoms with Gasteiger partial charge in [-0.15, -0.1) is 0 Å². The SMILES string of the molecule is CC(C)OCc1ccccc1CNC(=O)N1CCN(C(=O)c2ccc(O)cc2)CC1. The number of benzene rings is 2. The average Bonchev–Trinajstić information content (AvgIpc) is 2.76. The summed E-state index contributed by atoms with van der Waals surface area (Å²) in [6.07, 6.45) is 0.147. The Balaban J connectivity index is 1.49. The fraction of sp³-hybridized carbons (Fsp3) is 0.391. The predicted molar refractivity (Wildman–Crippen MR) is 114 cm³/mol. The smallest absolute Gasteiger partial charge is 0.317 e.